The van der Waals surface area contributed by atoms with Crippen LogP contribution < -0.4 is 0 Å². The molecule has 0 aliphatic carbocycles. The molecule has 0 heterocycles. The van der Waals surface area contributed by atoms with E-state index in [1.165, 1.54) is 6.42 Å². The molecule has 0 bridgehead atoms. The van der Waals surface area contributed by atoms with E-state index in [1.807, 2.05) is 0 Å². The van der Waals surface area contributed by atoms with Gasteiger partial charge in [-0.05, 0) is 0 Å². The van der Waals surface area contributed by atoms with Crippen molar-refractivity contribution in [2.45, 2.75) is 19.8 Å². The van der Waals surface area contributed by atoms with Crippen molar-refractivity contribution in [2.75, 3.05) is 0 Å². The number of unbranched alkanes of at least 4 members (excludes halogenated alkanes) is 1. The molecule has 0 atom stereocenters. The van der Waals surface area contributed by atoms with Gasteiger partial charge in [0.25, 0.3) is 0 Å². The molecule has 0 spiro atoms. The third-order valence-corrected chi connectivity index (χ3v) is 0.354. The van der Waals surface area contributed by atoms with E-state index in [2.05, 4.69) is 13.8 Å². The molecule has 0 fully saturated rings. The van der Waals surface area contributed by atoms with Gasteiger partial charge in [-0.2, -0.15) is 6.42 Å². The third-order valence-electron chi connectivity index (χ3n) is 0.354. The normalized spacial score (nSPS) is 3.75. The molecule has 0 amide bonds. The Labute approximate surface area is 109 Å². The van der Waals surface area contributed by atoms with E-state index in [4.69, 9.17) is 0 Å². The van der Waals surface area contributed by atoms with E-state index in [0.717, 1.165) is 6.42 Å². The van der Waals surface area contributed by atoms with Crippen molar-refractivity contribution in [1.29, 1.82) is 0 Å². The van der Waals surface area contributed by atoms with E-state index in [9.17, 15) is 0 Å². The van der Waals surface area contributed by atoms with Crippen LogP contribution in [0.15, 0.2) is 0 Å². The van der Waals surface area contributed by atoms with E-state index >= 15 is 0 Å². The molecule has 0 aromatic carbocycles. The van der Waals surface area contributed by atoms with Crippen LogP contribution in [0.2, 0.25) is 0 Å². The Bertz CT molecular complexity index is 10.0. The molecule has 0 saturated carbocycles. The van der Waals surface area contributed by atoms with Crippen LogP contribution in [0.25, 0.3) is 0 Å². The fourth-order valence-corrected chi connectivity index (χ4v) is 0. The summed E-state index contributed by atoms with van der Waals surface area (Å²) in [5, 5.41) is 0. The molecule has 0 aliphatic rings. The molecule has 4 heteroatoms. The van der Waals surface area contributed by atoms with Gasteiger partial charge in [-0.15, -0.1) is 0 Å². The second-order valence-corrected chi connectivity index (χ2v) is 0.854. The summed E-state index contributed by atoms with van der Waals surface area (Å²) in [7, 11) is 0. The first-order valence-corrected chi connectivity index (χ1v) is 1.71. The van der Waals surface area contributed by atoms with Gasteiger partial charge >= 0.3 is 0 Å². The number of hydrogen-bond acceptors (Lipinski definition) is 0. The third kappa shape index (κ3) is 37.4. The van der Waals surface area contributed by atoms with Crippen LogP contribution in [-0.2, 0) is 84.3 Å². The summed E-state index contributed by atoms with van der Waals surface area (Å²) in [6.07, 6.45) is 2.28. The van der Waals surface area contributed by atoms with Crippen LogP contribution in [0, 0.1) is 6.92 Å². The minimum atomic E-state index is 0. The zero-order valence-electron chi connectivity index (χ0n) is 4.75. The van der Waals surface area contributed by atoms with Gasteiger partial charge in [-0.25, -0.2) is 0 Å². The first-order valence-electron chi connectivity index (χ1n) is 1.71. The first-order chi connectivity index (χ1) is 1.91. The van der Waals surface area contributed by atoms with Crippen LogP contribution in [0.4, 0.5) is 0 Å². The van der Waals surface area contributed by atoms with Crippen molar-refractivity contribution in [3.63, 3.8) is 0 Å². The van der Waals surface area contributed by atoms with Gasteiger partial charge in [0.05, 0.1) is 0 Å². The maximum absolute atomic E-state index is 3.60. The molecule has 0 N–H and O–H groups in total. The van der Waals surface area contributed by atoms with Crippen molar-refractivity contribution in [1.82, 2.24) is 0 Å². The van der Waals surface area contributed by atoms with Crippen LogP contribution in [0.3, 0.4) is 0 Å². The molecule has 0 aromatic heterocycles. The van der Waals surface area contributed by atoms with Gasteiger partial charge < -0.3 is 6.92 Å². The minimum Gasteiger partial charge on any atom is -0.343 e. The molecule has 0 saturated heterocycles. The SMILES string of the molecule is [CH2-]CCC.[W].[W].[W].[W]. The maximum Gasteiger partial charge on any atom is 0 e. The molecule has 8 heavy (non-hydrogen) atoms. The van der Waals surface area contributed by atoms with E-state index in [1.54, 1.807) is 0 Å². The van der Waals surface area contributed by atoms with E-state index in [0.29, 0.717) is 0 Å². The standard InChI is InChI=1S/C4H9.4W/c1-3-4-2;;;;/h1,3-4H2,2H3;;;;/q-1;;;;. The summed E-state index contributed by atoms with van der Waals surface area (Å²) < 4.78 is 0. The average Bonchev–Trinajstić information content (AvgIpc) is 1.37. The zero-order chi connectivity index (χ0) is 3.41. The Balaban J connectivity index is -0.00000000750. The first kappa shape index (κ1) is 30.9. The van der Waals surface area contributed by atoms with Crippen LogP contribution in [-0.4, -0.2) is 0 Å². The van der Waals surface area contributed by atoms with Crippen molar-refractivity contribution >= 4 is 0 Å². The molecule has 0 aliphatic heterocycles. The van der Waals surface area contributed by atoms with Crippen LogP contribution >= 0.6 is 0 Å². The average molecular weight is 792 g/mol. The molecular weight excluding hydrogens is 783 g/mol. The summed E-state index contributed by atoms with van der Waals surface area (Å²) in [6.45, 7) is 5.72. The second-order valence-electron chi connectivity index (χ2n) is 0.854. The van der Waals surface area contributed by atoms with Crippen molar-refractivity contribution in [2.24, 2.45) is 0 Å². The maximum atomic E-state index is 3.60. The van der Waals surface area contributed by atoms with Crippen molar-refractivity contribution in [3.05, 3.63) is 6.92 Å². The largest absolute Gasteiger partial charge is 0.343 e. The summed E-state index contributed by atoms with van der Waals surface area (Å²) in [4.78, 5) is 0. The van der Waals surface area contributed by atoms with Gasteiger partial charge in [0, 0.05) is 84.3 Å². The summed E-state index contributed by atoms with van der Waals surface area (Å²) in [5.41, 5.74) is 0. The predicted molar refractivity (Wildman–Crippen MR) is 20.3 cm³/mol. The van der Waals surface area contributed by atoms with Crippen molar-refractivity contribution in [3.8, 4) is 0 Å². The molecule has 0 radical (unpaired) electrons. The molecule has 0 nitrogen and oxygen atoms in total. The molecule has 0 rings (SSSR count). The fourth-order valence-electron chi connectivity index (χ4n) is 0. The summed E-state index contributed by atoms with van der Waals surface area (Å²) >= 11 is 0. The summed E-state index contributed by atoms with van der Waals surface area (Å²) in [5.74, 6) is 0. The predicted octanol–water partition coefficient (Wildman–Crippen LogP) is 1.61. The smallest absolute Gasteiger partial charge is 0 e. The minimum absolute atomic E-state index is 0. The Morgan fingerprint density at radius 3 is 1.12 bits per heavy atom. The molecule has 50 valence electrons. The zero-order valence-corrected chi connectivity index (χ0v) is 16.5. The fraction of sp³-hybridized carbons (Fsp3) is 0.750. The van der Waals surface area contributed by atoms with E-state index in [-0.39, 0.29) is 84.3 Å². The Kier molecular flexibility index (Phi) is 128. The Morgan fingerprint density at radius 1 is 1.00 bits per heavy atom. The molecular formula is C4H9W4-. The van der Waals surface area contributed by atoms with Crippen LogP contribution in [0.1, 0.15) is 19.8 Å². The number of rotatable bonds is 1. The summed E-state index contributed by atoms with van der Waals surface area (Å²) in [6, 6.07) is 0. The van der Waals surface area contributed by atoms with Gasteiger partial charge in [-0.3, -0.25) is 0 Å². The topological polar surface area (TPSA) is 0 Å². The van der Waals surface area contributed by atoms with Gasteiger partial charge in [-0.1, -0.05) is 13.3 Å². The van der Waals surface area contributed by atoms with E-state index < -0.39 is 0 Å². The molecule has 0 aromatic rings. The quantitative estimate of drug-likeness (QED) is 0.355. The van der Waals surface area contributed by atoms with Crippen LogP contribution in [0.5, 0.6) is 0 Å². The Hall–Kier alpha value is 2.75. The monoisotopic (exact) mass is 793 g/mol. The van der Waals surface area contributed by atoms with Crippen molar-refractivity contribution < 1.29 is 84.3 Å². The second kappa shape index (κ2) is 33.1. The Morgan fingerprint density at radius 2 is 1.12 bits per heavy atom. The van der Waals surface area contributed by atoms with Gasteiger partial charge in [0.1, 0.15) is 0 Å². The van der Waals surface area contributed by atoms with Gasteiger partial charge in [0.15, 0.2) is 0 Å². The van der Waals surface area contributed by atoms with Gasteiger partial charge in [0.2, 0.25) is 0 Å². The number of hydrogen-bond donors (Lipinski definition) is 0. The molecule has 0 unspecified atom stereocenters.